The Hall–Kier alpha value is -3.14. The highest BCUT2D eigenvalue weighted by atomic mass is 31.2. The van der Waals surface area contributed by atoms with Crippen LogP contribution >= 0.6 is 7.37 Å². The standard InChI is InChI=1S/C54H86NO14P/c1-32-19-15-14-16-20-33(2)45(64-9)30-41-24-22-37(6)54(62,68-41)51(59)52(60)55-26-18-17-21-42(55)53(61)67-46(35(4)28-40-23-25-44(47(29-40)65-10)69-70(12,13)63)31-43(56)34(3)27-36(5)48(57)50(66-11)49(58)39(8)38(32)7/h14-16,19-20,27,32,34-35,37-42,44-48,50,57,62H,17-18,21-26,28-31H2,1-13H3/b16-14+,19-15+,33-20+,36-27+/t32-,34-,35-,37-,38?,39-,40+,41+,42+,44-,45+,46+,47-,48-,50-,54-/m1/s1/i9D3,12D3,32D,38D/t32-,34-,35-,37-,38?,39-,40+,41+,42+,44-,45+,46+,47-,48-,50-,54-,70?. The first-order chi connectivity index (χ1) is 35.9. The molecule has 0 aromatic carbocycles. The van der Waals surface area contributed by atoms with Crippen LogP contribution in [0.15, 0.2) is 47.6 Å². The third-order valence-electron chi connectivity index (χ3n) is 15.0. The summed E-state index contributed by atoms with van der Waals surface area (Å²) in [5.41, 5.74) is 0.607. The maximum Gasteiger partial charge on any atom is 0.329 e. The molecule has 396 valence electrons. The summed E-state index contributed by atoms with van der Waals surface area (Å²) in [4.78, 5) is 73.0. The largest absolute Gasteiger partial charge is 0.460 e. The number of allylic oxidation sites excluding steroid dienone is 6. The van der Waals surface area contributed by atoms with E-state index in [1.54, 1.807) is 45.9 Å². The van der Waals surface area contributed by atoms with Gasteiger partial charge in [-0.2, -0.15) is 0 Å². The Morgan fingerprint density at radius 3 is 2.33 bits per heavy atom. The average Bonchev–Trinajstić information content (AvgIpc) is 3.35. The topological polar surface area (TPSA) is 201 Å². The van der Waals surface area contributed by atoms with Crippen LogP contribution in [0.5, 0.6) is 0 Å². The van der Waals surface area contributed by atoms with Crippen molar-refractivity contribution >= 4 is 36.6 Å². The number of carbonyl (C=O) groups excluding carboxylic acids is 5. The lowest BCUT2D eigenvalue weighted by Gasteiger charge is -2.42. The summed E-state index contributed by atoms with van der Waals surface area (Å²) in [6.45, 7) is 10.6. The van der Waals surface area contributed by atoms with Gasteiger partial charge in [-0.25, -0.2) is 4.79 Å². The van der Waals surface area contributed by atoms with E-state index in [0.29, 0.717) is 44.1 Å². The third-order valence-corrected chi connectivity index (χ3v) is 15.7. The molecule has 16 heteroatoms. The maximum absolute atomic E-state index is 14.6. The molecule has 0 spiro atoms. The number of hydrogen-bond donors (Lipinski definition) is 2. The van der Waals surface area contributed by atoms with Crippen LogP contribution in [0, 0.1) is 41.4 Å². The molecule has 0 aromatic heterocycles. The highest BCUT2D eigenvalue weighted by molar-refractivity contribution is 7.57. The fourth-order valence-electron chi connectivity index (χ4n) is 10.2. The number of cyclic esters (lactones) is 1. The second kappa shape index (κ2) is 26.7. The number of piperidine rings is 1. The van der Waals surface area contributed by atoms with Gasteiger partial charge in [0.2, 0.25) is 5.79 Å². The van der Waals surface area contributed by atoms with Crippen molar-refractivity contribution in [3.8, 4) is 0 Å². The van der Waals surface area contributed by atoms with Gasteiger partial charge in [-0.15, -0.1) is 0 Å². The first kappa shape index (κ1) is 47.8. The summed E-state index contributed by atoms with van der Waals surface area (Å²) < 4.78 is 113. The Bertz CT molecular complexity index is 2300. The monoisotopic (exact) mass is 1010 g/mol. The predicted molar refractivity (Wildman–Crippen MR) is 268 cm³/mol. The first-order valence-corrected chi connectivity index (χ1v) is 26.9. The van der Waals surface area contributed by atoms with Crippen molar-refractivity contribution in [1.82, 2.24) is 4.90 Å². The summed E-state index contributed by atoms with van der Waals surface area (Å²) in [6, 6.07) is -1.31. The summed E-state index contributed by atoms with van der Waals surface area (Å²) >= 11 is 0. The van der Waals surface area contributed by atoms with E-state index in [0.717, 1.165) is 11.6 Å². The van der Waals surface area contributed by atoms with Gasteiger partial charge in [0, 0.05) is 78.5 Å². The van der Waals surface area contributed by atoms with Crippen LogP contribution in [0.4, 0.5) is 0 Å². The zero-order valence-corrected chi connectivity index (χ0v) is 44.0. The molecule has 2 saturated heterocycles. The predicted octanol–water partition coefficient (Wildman–Crippen LogP) is 7.99. The van der Waals surface area contributed by atoms with Crippen molar-refractivity contribution in [2.45, 2.75) is 181 Å². The highest BCUT2D eigenvalue weighted by Gasteiger charge is 2.53. The van der Waals surface area contributed by atoms with Gasteiger partial charge in [0.25, 0.3) is 11.7 Å². The lowest BCUT2D eigenvalue weighted by molar-refractivity contribution is -0.265. The van der Waals surface area contributed by atoms with Crippen LogP contribution in [0.2, 0.25) is 0 Å². The molecule has 0 radical (unpaired) electrons. The Morgan fingerprint density at radius 2 is 1.66 bits per heavy atom. The minimum Gasteiger partial charge on any atom is -0.460 e. The number of methoxy groups -OCH3 is 3. The molecule has 2 unspecified atom stereocenters. The summed E-state index contributed by atoms with van der Waals surface area (Å²) in [5, 5.41) is 23.7. The molecular formula is C54H86NO14P. The second-order valence-corrected chi connectivity index (χ2v) is 22.2. The number of Topliss-reactive ketones (excluding diaryl/α,β-unsaturated/α-hetero) is 3. The SMILES string of the molecule is [2H]C([2H])([2H])O[C@H]1C[C@@H]2CC[C@@H](C)[C@@](O)(O2)C(=O)C(=O)N2CCCC[C@H]2C(=O)O[C@H]([C@H](C)C[C@@H]2CC[C@@H](OP(C)(=O)C([2H])([2H])[2H])[C@H](OC)C2)CC(=O)[C@H](C)/C=C(\C)[C@@H](O)[C@@H](OC)C(=O)[C@H](C)C([2H])(C)[C@]([2H])(C)/C=C/C=C/C=C/1C. The minimum atomic E-state index is -4.04. The smallest absolute Gasteiger partial charge is 0.329 e. The molecule has 1 aliphatic carbocycles. The van der Waals surface area contributed by atoms with Crippen molar-refractivity contribution < 1.29 is 77.9 Å². The van der Waals surface area contributed by atoms with Crippen molar-refractivity contribution in [2.75, 3.05) is 41.1 Å². The second-order valence-electron chi connectivity index (χ2n) is 20.3. The van der Waals surface area contributed by atoms with Crippen LogP contribution in [0.3, 0.4) is 0 Å². The Morgan fingerprint density at radius 1 is 0.929 bits per heavy atom. The molecule has 1 amide bonds. The Labute approximate surface area is 429 Å². The molecule has 4 aliphatic rings. The van der Waals surface area contributed by atoms with E-state index in [1.807, 2.05) is 0 Å². The van der Waals surface area contributed by atoms with Crippen molar-refractivity contribution in [2.24, 2.45) is 41.4 Å². The van der Waals surface area contributed by atoms with E-state index >= 15 is 0 Å². The number of aliphatic hydroxyl groups excluding tert-OH is 1. The lowest BCUT2D eigenvalue weighted by Crippen LogP contribution is -2.61. The van der Waals surface area contributed by atoms with Crippen molar-refractivity contribution in [3.63, 3.8) is 0 Å². The molecule has 2 bridgehead atoms. The number of hydrogen-bond acceptors (Lipinski definition) is 14. The highest BCUT2D eigenvalue weighted by Crippen LogP contribution is 2.45. The molecular weight excluding hydrogens is 918 g/mol. The van der Waals surface area contributed by atoms with Crippen LogP contribution in [0.25, 0.3) is 0 Å². The van der Waals surface area contributed by atoms with Gasteiger partial charge in [-0.3, -0.25) is 23.7 Å². The van der Waals surface area contributed by atoms with Crippen LogP contribution in [0.1, 0.15) is 137 Å². The Balaban J connectivity index is 1.78. The quantitative estimate of drug-likeness (QED) is 0.103. The van der Waals surface area contributed by atoms with Gasteiger partial charge in [0.05, 0.1) is 28.5 Å². The van der Waals surface area contributed by atoms with Crippen molar-refractivity contribution in [1.29, 1.82) is 0 Å². The molecule has 0 aromatic rings. The number of aliphatic hydroxyl groups is 2. The van der Waals surface area contributed by atoms with Crippen LogP contribution < -0.4 is 0 Å². The first-order valence-electron chi connectivity index (χ1n) is 28.8. The molecule has 3 heterocycles. The molecule has 4 rings (SSSR count). The molecule has 3 fully saturated rings. The van der Waals surface area contributed by atoms with Crippen LogP contribution in [-0.4, -0.2) is 140 Å². The van der Waals surface area contributed by atoms with Gasteiger partial charge in [-0.05, 0) is 106 Å². The third kappa shape index (κ3) is 15.7. The number of esters is 1. The van der Waals surface area contributed by atoms with E-state index in [4.69, 9.17) is 36.4 Å². The number of ether oxygens (including phenoxy) is 5. The van der Waals surface area contributed by atoms with Crippen molar-refractivity contribution in [3.05, 3.63) is 47.6 Å². The number of rotatable bonds is 8. The van der Waals surface area contributed by atoms with Gasteiger partial charge in [-0.1, -0.05) is 78.0 Å². The maximum atomic E-state index is 14.6. The van der Waals surface area contributed by atoms with Gasteiger partial charge < -0.3 is 43.3 Å². The number of nitrogens with zero attached hydrogens (tertiary/aromatic N) is 1. The molecule has 70 heavy (non-hydrogen) atoms. The zero-order chi connectivity index (χ0) is 59.1. The Kier molecular flexibility index (Phi) is 18.2. The number of ketones is 3. The molecule has 15 nitrogen and oxygen atoms in total. The van der Waals surface area contributed by atoms with Gasteiger partial charge in [0.1, 0.15) is 30.1 Å². The fraction of sp³-hybridized carbons (Fsp3) is 0.759. The summed E-state index contributed by atoms with van der Waals surface area (Å²) in [5.74, 6) is -14.4. The molecule has 17 atom stereocenters. The fourth-order valence-corrected chi connectivity index (χ4v) is 10.9. The van der Waals surface area contributed by atoms with Gasteiger partial charge in [0.15, 0.2) is 13.2 Å². The zero-order valence-electron chi connectivity index (χ0n) is 51.1. The molecule has 2 N–H and O–H groups in total. The van der Waals surface area contributed by atoms with E-state index in [9.17, 15) is 41.5 Å². The number of amides is 1. The van der Waals surface area contributed by atoms with Gasteiger partial charge >= 0.3 is 5.97 Å². The lowest BCUT2D eigenvalue weighted by atomic mass is 9.78. The summed E-state index contributed by atoms with van der Waals surface area (Å²) in [7, 11) is -4.26. The van der Waals surface area contributed by atoms with E-state index in [1.165, 1.54) is 60.1 Å². The molecule has 3 aliphatic heterocycles. The van der Waals surface area contributed by atoms with E-state index in [2.05, 4.69) is 0 Å². The van der Waals surface area contributed by atoms with E-state index < -0.39 is 140 Å². The minimum absolute atomic E-state index is 0.0516. The number of carbonyl (C=O) groups is 5. The summed E-state index contributed by atoms with van der Waals surface area (Å²) in [6.07, 6.45) is 3.75. The van der Waals surface area contributed by atoms with Crippen LogP contribution in [-0.2, 0) is 56.7 Å². The number of fused-ring (bicyclic) bond motifs is 3. The molecule has 1 saturated carbocycles. The van der Waals surface area contributed by atoms with E-state index in [-0.39, 0.29) is 50.1 Å². The average molecular weight is 1010 g/mol. The normalized spacial score (nSPS) is 44.5.